The minimum absolute atomic E-state index is 0.0648. The minimum atomic E-state index is 0.0648. The molecule has 0 saturated carbocycles. The molecule has 0 atom stereocenters. The molecule has 2 rings (SSSR count). The molecule has 3 nitrogen and oxygen atoms in total. The van der Waals surface area contributed by atoms with Gasteiger partial charge in [0.1, 0.15) is 0 Å². The Balaban J connectivity index is 1.96. The first-order valence-corrected chi connectivity index (χ1v) is 6.90. The average molecular weight is 344 g/mol. The third kappa shape index (κ3) is 3.42. The molecule has 1 fully saturated rings. The molecule has 0 spiro atoms. The Bertz CT molecular complexity index is 400. The molecule has 1 saturated heterocycles. The number of amides is 1. The van der Waals surface area contributed by atoms with Crippen LogP contribution in [0.4, 0.5) is 0 Å². The summed E-state index contributed by atoms with van der Waals surface area (Å²) in [6, 6.07) is 8.06. The van der Waals surface area contributed by atoms with Gasteiger partial charge in [0.15, 0.2) is 0 Å². The number of carbonyl (C=O) groups excluding carboxylic acids is 1. The zero-order chi connectivity index (χ0) is 12.3. The summed E-state index contributed by atoms with van der Waals surface area (Å²) in [5.74, 6) is 0.0648. The smallest absolute Gasteiger partial charge is 0.251 e. The van der Waals surface area contributed by atoms with Crippen molar-refractivity contribution >= 4 is 28.8 Å². The number of nitrogens with one attached hydrogen (secondary N) is 1. The van der Waals surface area contributed by atoms with Crippen LogP contribution < -0.4 is 5.32 Å². The molecule has 1 aliphatic heterocycles. The summed E-state index contributed by atoms with van der Waals surface area (Å²) in [5.41, 5.74) is 1.83. The maximum absolute atomic E-state index is 12.1. The van der Waals surface area contributed by atoms with Gasteiger partial charge in [-0.1, -0.05) is 18.2 Å². The second kappa shape index (κ2) is 5.82. The molecular weight excluding hydrogens is 327 g/mol. The zero-order valence-corrected chi connectivity index (χ0v) is 12.1. The summed E-state index contributed by atoms with van der Waals surface area (Å²) in [6.07, 6.45) is 2.08. The Morgan fingerprint density at radius 2 is 2.00 bits per heavy atom. The number of hydrogen-bond acceptors (Lipinski definition) is 2. The fourth-order valence-electron chi connectivity index (χ4n) is 2.08. The van der Waals surface area contributed by atoms with E-state index in [2.05, 4.69) is 31.3 Å². The fraction of sp³-hybridized carbons (Fsp3) is 0.462. The summed E-state index contributed by atoms with van der Waals surface area (Å²) >= 11 is 2.34. The molecule has 0 aromatic heterocycles. The molecule has 1 heterocycles. The van der Waals surface area contributed by atoms with Crippen molar-refractivity contribution in [1.82, 2.24) is 8.43 Å². The van der Waals surface area contributed by atoms with Gasteiger partial charge in [0.05, 0.1) is 0 Å². The van der Waals surface area contributed by atoms with E-state index < -0.39 is 0 Å². The van der Waals surface area contributed by atoms with E-state index in [4.69, 9.17) is 0 Å². The van der Waals surface area contributed by atoms with E-state index in [0.29, 0.717) is 6.04 Å². The highest BCUT2D eigenvalue weighted by molar-refractivity contribution is 14.1. The molecule has 1 N–H and O–H groups in total. The highest BCUT2D eigenvalue weighted by Crippen LogP contribution is 2.15. The monoisotopic (exact) mass is 344 g/mol. The maximum atomic E-state index is 12.1. The summed E-state index contributed by atoms with van der Waals surface area (Å²) in [5, 5.41) is 3.13. The van der Waals surface area contributed by atoms with Crippen LogP contribution in [-0.2, 0) is 0 Å². The van der Waals surface area contributed by atoms with Gasteiger partial charge in [0.2, 0.25) is 0 Å². The Labute approximate surface area is 116 Å². The highest BCUT2D eigenvalue weighted by Gasteiger charge is 2.20. The standard InChI is InChI=1S/C13H17IN2O/c1-10-4-2-3-5-12(10)13(17)15-11-6-8-16(14)9-7-11/h2-5,11H,6-9H2,1H3,(H,15,17). The van der Waals surface area contributed by atoms with Gasteiger partial charge >= 0.3 is 0 Å². The van der Waals surface area contributed by atoms with Gasteiger partial charge in [-0.25, -0.2) is 3.11 Å². The third-order valence-corrected chi connectivity index (χ3v) is 4.13. The zero-order valence-electron chi connectivity index (χ0n) is 9.95. The van der Waals surface area contributed by atoms with Gasteiger partial charge in [-0.15, -0.1) is 0 Å². The quantitative estimate of drug-likeness (QED) is 0.661. The lowest BCUT2D eigenvalue weighted by Crippen LogP contribution is -2.42. The number of carbonyl (C=O) groups is 1. The normalized spacial score (nSPS) is 18.0. The number of piperidine rings is 1. The lowest BCUT2D eigenvalue weighted by atomic mass is 10.0. The van der Waals surface area contributed by atoms with Crippen molar-refractivity contribution in [3.05, 3.63) is 35.4 Å². The maximum Gasteiger partial charge on any atom is 0.251 e. The van der Waals surface area contributed by atoms with Crippen molar-refractivity contribution in [3.8, 4) is 0 Å². The Morgan fingerprint density at radius 1 is 1.35 bits per heavy atom. The van der Waals surface area contributed by atoms with Crippen molar-refractivity contribution in [3.63, 3.8) is 0 Å². The molecule has 1 aromatic rings. The molecule has 0 aliphatic carbocycles. The van der Waals surface area contributed by atoms with Crippen LogP contribution in [0.2, 0.25) is 0 Å². The van der Waals surface area contributed by atoms with Crippen molar-refractivity contribution in [1.29, 1.82) is 0 Å². The van der Waals surface area contributed by atoms with Crippen LogP contribution in [0.25, 0.3) is 0 Å². The van der Waals surface area contributed by atoms with E-state index in [1.165, 1.54) is 0 Å². The van der Waals surface area contributed by atoms with Crippen LogP contribution in [0, 0.1) is 6.92 Å². The summed E-state index contributed by atoms with van der Waals surface area (Å²) in [6.45, 7) is 4.08. The predicted molar refractivity (Wildman–Crippen MR) is 77.3 cm³/mol. The van der Waals surface area contributed by atoms with E-state index in [0.717, 1.165) is 37.1 Å². The lowest BCUT2D eigenvalue weighted by molar-refractivity contribution is 0.0925. The molecule has 0 bridgehead atoms. The van der Waals surface area contributed by atoms with Gasteiger partial charge in [0, 0.05) is 47.6 Å². The topological polar surface area (TPSA) is 32.3 Å². The SMILES string of the molecule is Cc1ccccc1C(=O)NC1CCN(I)CC1. The highest BCUT2D eigenvalue weighted by atomic mass is 127. The first-order chi connectivity index (χ1) is 8.16. The van der Waals surface area contributed by atoms with E-state index in [9.17, 15) is 4.79 Å². The molecule has 17 heavy (non-hydrogen) atoms. The number of halogens is 1. The lowest BCUT2D eigenvalue weighted by Gasteiger charge is -2.28. The second-order valence-electron chi connectivity index (χ2n) is 4.47. The van der Waals surface area contributed by atoms with Crippen LogP contribution >= 0.6 is 22.9 Å². The Hall–Kier alpha value is -0.620. The number of rotatable bonds is 2. The third-order valence-electron chi connectivity index (χ3n) is 3.17. The molecule has 0 radical (unpaired) electrons. The molecule has 1 aromatic carbocycles. The first kappa shape index (κ1) is 12.8. The number of aryl methyl sites for hydroxylation is 1. The molecule has 4 heteroatoms. The molecule has 1 aliphatic rings. The fourth-order valence-corrected chi connectivity index (χ4v) is 2.64. The van der Waals surface area contributed by atoms with Crippen LogP contribution in [-0.4, -0.2) is 28.2 Å². The Morgan fingerprint density at radius 3 is 2.65 bits per heavy atom. The van der Waals surface area contributed by atoms with Crippen molar-refractivity contribution in [2.75, 3.05) is 13.1 Å². The second-order valence-corrected chi connectivity index (χ2v) is 5.84. The summed E-state index contributed by atoms with van der Waals surface area (Å²) < 4.78 is 2.27. The van der Waals surface area contributed by atoms with Gasteiger partial charge in [-0.2, -0.15) is 0 Å². The first-order valence-electron chi connectivity index (χ1n) is 5.94. The van der Waals surface area contributed by atoms with Gasteiger partial charge < -0.3 is 5.32 Å². The van der Waals surface area contributed by atoms with Gasteiger partial charge in [-0.3, -0.25) is 4.79 Å². The summed E-state index contributed by atoms with van der Waals surface area (Å²) in [7, 11) is 0. The minimum Gasteiger partial charge on any atom is -0.349 e. The summed E-state index contributed by atoms with van der Waals surface area (Å²) in [4.78, 5) is 12.1. The predicted octanol–water partition coefficient (Wildman–Crippen LogP) is 2.54. The van der Waals surface area contributed by atoms with Crippen molar-refractivity contribution in [2.45, 2.75) is 25.8 Å². The van der Waals surface area contributed by atoms with Crippen molar-refractivity contribution in [2.24, 2.45) is 0 Å². The van der Waals surface area contributed by atoms with Gasteiger partial charge in [-0.05, 0) is 31.4 Å². The van der Waals surface area contributed by atoms with Crippen molar-refractivity contribution < 1.29 is 4.79 Å². The number of nitrogens with zero attached hydrogens (tertiary/aromatic N) is 1. The Kier molecular flexibility index (Phi) is 4.39. The van der Waals surface area contributed by atoms with E-state index >= 15 is 0 Å². The van der Waals surface area contributed by atoms with Gasteiger partial charge in [0.25, 0.3) is 5.91 Å². The van der Waals surface area contributed by atoms with E-state index in [1.54, 1.807) is 0 Å². The molecule has 92 valence electrons. The van der Waals surface area contributed by atoms with Crippen LogP contribution in [0.3, 0.4) is 0 Å². The largest absolute Gasteiger partial charge is 0.349 e. The average Bonchev–Trinajstić information content (AvgIpc) is 2.32. The van der Waals surface area contributed by atoms with E-state index in [-0.39, 0.29) is 5.91 Å². The number of hydrogen-bond donors (Lipinski definition) is 1. The molecule has 0 unspecified atom stereocenters. The molecular formula is C13H17IN2O. The van der Waals surface area contributed by atoms with Crippen LogP contribution in [0.5, 0.6) is 0 Å². The van der Waals surface area contributed by atoms with E-state index in [1.807, 2.05) is 31.2 Å². The van der Waals surface area contributed by atoms with Crippen LogP contribution in [0.1, 0.15) is 28.8 Å². The van der Waals surface area contributed by atoms with Crippen LogP contribution in [0.15, 0.2) is 24.3 Å². The molecule has 1 amide bonds. The number of benzene rings is 1.